The first-order chi connectivity index (χ1) is 14.4. The first kappa shape index (κ1) is 23.2. The maximum absolute atomic E-state index is 9.54. The Bertz CT molecular complexity index is 902. The normalized spacial score (nSPS) is 14.2. The van der Waals surface area contributed by atoms with Crippen molar-refractivity contribution in [3.05, 3.63) is 52.8 Å². The van der Waals surface area contributed by atoms with Crippen LogP contribution in [0.25, 0.3) is 0 Å². The monoisotopic (exact) mass is 476 g/mol. The number of carbonyl (C=O) groups excluding carboxylic acids is 1. The lowest BCUT2D eigenvalue weighted by Gasteiger charge is -2.33. The molecule has 1 fully saturated rings. The number of halogens is 1. The SMILES string of the molecule is O=CNCC(=O)O.Oc1cncc(C#CC2(Oc3ccc(Br)cc3)CCOCC2)c1. The molecule has 0 aliphatic carbocycles. The summed E-state index contributed by atoms with van der Waals surface area (Å²) in [4.78, 5) is 22.8. The van der Waals surface area contributed by atoms with E-state index in [4.69, 9.17) is 14.6 Å². The molecule has 0 bridgehead atoms. The fourth-order valence-electron chi connectivity index (χ4n) is 2.49. The molecule has 30 heavy (non-hydrogen) atoms. The molecule has 1 aromatic heterocycles. The highest BCUT2D eigenvalue weighted by atomic mass is 79.9. The second-order valence-corrected chi connectivity index (χ2v) is 7.15. The topological polar surface area (TPSA) is 118 Å². The van der Waals surface area contributed by atoms with Crippen molar-refractivity contribution in [2.45, 2.75) is 18.4 Å². The average molecular weight is 477 g/mol. The molecule has 2 aromatic rings. The predicted octanol–water partition coefficient (Wildman–Crippen LogP) is 2.35. The zero-order valence-electron chi connectivity index (χ0n) is 16.0. The van der Waals surface area contributed by atoms with E-state index in [-0.39, 0.29) is 12.3 Å². The van der Waals surface area contributed by atoms with Gasteiger partial charge in [0.2, 0.25) is 6.41 Å². The molecule has 0 unspecified atom stereocenters. The summed E-state index contributed by atoms with van der Waals surface area (Å²) < 4.78 is 12.6. The maximum atomic E-state index is 9.54. The van der Waals surface area contributed by atoms with E-state index in [1.807, 2.05) is 29.6 Å². The number of hydrogen-bond donors (Lipinski definition) is 3. The summed E-state index contributed by atoms with van der Waals surface area (Å²) in [5, 5.41) is 19.3. The summed E-state index contributed by atoms with van der Waals surface area (Å²) >= 11 is 3.42. The Morgan fingerprint density at radius 2 is 2.00 bits per heavy atom. The lowest BCUT2D eigenvalue weighted by Crippen LogP contribution is -2.40. The molecule has 0 atom stereocenters. The number of aliphatic carboxylic acids is 1. The van der Waals surface area contributed by atoms with Crippen molar-refractivity contribution in [2.75, 3.05) is 19.8 Å². The fourth-order valence-corrected chi connectivity index (χ4v) is 2.76. The van der Waals surface area contributed by atoms with Gasteiger partial charge >= 0.3 is 5.97 Å². The molecule has 0 spiro atoms. The standard InChI is InChI=1S/C18H16BrNO3.C3H5NO3/c19-15-1-3-17(4-2-15)23-18(7-9-22-10-8-18)6-5-14-11-16(21)13-20-12-14;5-2-4-1-3(6)7/h1-4,11-13,21H,7-10H2;2H,1H2,(H,4,5)(H,6,7). The molecule has 0 saturated carbocycles. The summed E-state index contributed by atoms with van der Waals surface area (Å²) in [6, 6.07) is 9.30. The third-order valence-corrected chi connectivity index (χ3v) is 4.45. The van der Waals surface area contributed by atoms with E-state index in [1.54, 1.807) is 12.3 Å². The van der Waals surface area contributed by atoms with E-state index in [0.29, 0.717) is 38.0 Å². The van der Waals surface area contributed by atoms with Crippen LogP contribution in [0.1, 0.15) is 18.4 Å². The zero-order chi connectivity index (χ0) is 21.8. The second kappa shape index (κ2) is 11.8. The van der Waals surface area contributed by atoms with E-state index in [2.05, 4.69) is 32.8 Å². The molecule has 0 radical (unpaired) electrons. The molecule has 3 N–H and O–H groups in total. The Kier molecular flexibility index (Phi) is 9.12. The van der Waals surface area contributed by atoms with E-state index < -0.39 is 11.6 Å². The summed E-state index contributed by atoms with van der Waals surface area (Å²) in [5.74, 6) is 6.14. The second-order valence-electron chi connectivity index (χ2n) is 6.24. The van der Waals surface area contributed by atoms with Crippen molar-refractivity contribution < 1.29 is 29.3 Å². The van der Waals surface area contributed by atoms with Crippen LogP contribution in [-0.4, -0.2) is 52.9 Å². The number of aromatic hydroxyl groups is 1. The van der Waals surface area contributed by atoms with E-state index in [9.17, 15) is 14.7 Å². The zero-order valence-corrected chi connectivity index (χ0v) is 17.6. The van der Waals surface area contributed by atoms with Crippen LogP contribution in [0, 0.1) is 11.8 Å². The van der Waals surface area contributed by atoms with Crippen molar-refractivity contribution in [1.82, 2.24) is 10.3 Å². The summed E-state index contributed by atoms with van der Waals surface area (Å²) in [6.07, 6.45) is 4.74. The number of ether oxygens (including phenoxy) is 2. The highest BCUT2D eigenvalue weighted by Gasteiger charge is 2.33. The minimum Gasteiger partial charge on any atom is -0.506 e. The molecular formula is C21H21BrN2O6. The van der Waals surface area contributed by atoms with Crippen molar-refractivity contribution >= 4 is 28.3 Å². The van der Waals surface area contributed by atoms with Crippen LogP contribution < -0.4 is 10.1 Å². The molecule has 2 heterocycles. The fraction of sp³-hybridized carbons (Fsp3) is 0.286. The minimum atomic E-state index is -1.04. The molecule has 158 valence electrons. The number of carbonyl (C=O) groups is 2. The number of benzene rings is 1. The Morgan fingerprint density at radius 1 is 1.30 bits per heavy atom. The average Bonchev–Trinajstić information content (AvgIpc) is 2.74. The Balaban J connectivity index is 0.000000396. The van der Waals surface area contributed by atoms with Crippen LogP contribution in [0.3, 0.4) is 0 Å². The van der Waals surface area contributed by atoms with Gasteiger partial charge in [0.1, 0.15) is 18.0 Å². The van der Waals surface area contributed by atoms with Crippen molar-refractivity contribution in [3.63, 3.8) is 0 Å². The largest absolute Gasteiger partial charge is 0.506 e. The van der Waals surface area contributed by atoms with Crippen molar-refractivity contribution in [2.24, 2.45) is 0 Å². The molecule has 1 aliphatic heterocycles. The highest BCUT2D eigenvalue weighted by molar-refractivity contribution is 9.10. The molecule has 1 saturated heterocycles. The number of nitrogens with one attached hydrogen (secondary N) is 1. The molecule has 1 aliphatic rings. The van der Waals surface area contributed by atoms with Crippen LogP contribution in [0.4, 0.5) is 0 Å². The summed E-state index contributed by atoms with van der Waals surface area (Å²) in [7, 11) is 0. The van der Waals surface area contributed by atoms with Gasteiger partial charge in [-0.05, 0) is 36.3 Å². The third-order valence-electron chi connectivity index (χ3n) is 3.92. The van der Waals surface area contributed by atoms with E-state index in [1.165, 1.54) is 6.20 Å². The molecule has 8 nitrogen and oxygen atoms in total. The van der Waals surface area contributed by atoms with Crippen LogP contribution >= 0.6 is 15.9 Å². The van der Waals surface area contributed by atoms with Gasteiger partial charge in [-0.2, -0.15) is 0 Å². The number of aromatic nitrogens is 1. The van der Waals surface area contributed by atoms with Crippen LogP contribution in [-0.2, 0) is 14.3 Å². The number of nitrogens with zero attached hydrogens (tertiary/aromatic N) is 1. The number of carboxylic acids is 1. The Morgan fingerprint density at radius 3 is 2.57 bits per heavy atom. The minimum absolute atomic E-state index is 0.103. The quantitative estimate of drug-likeness (QED) is 0.447. The van der Waals surface area contributed by atoms with Gasteiger partial charge in [0.05, 0.1) is 19.4 Å². The van der Waals surface area contributed by atoms with Gasteiger partial charge in [0, 0.05) is 29.1 Å². The van der Waals surface area contributed by atoms with E-state index >= 15 is 0 Å². The summed E-state index contributed by atoms with van der Waals surface area (Å²) in [5.41, 5.74) is 0.0765. The maximum Gasteiger partial charge on any atom is 0.322 e. The van der Waals surface area contributed by atoms with Gasteiger partial charge < -0.3 is 25.0 Å². The predicted molar refractivity (Wildman–Crippen MR) is 112 cm³/mol. The van der Waals surface area contributed by atoms with Gasteiger partial charge in [-0.3, -0.25) is 14.6 Å². The lowest BCUT2D eigenvalue weighted by atomic mass is 9.94. The van der Waals surface area contributed by atoms with Crippen molar-refractivity contribution in [3.8, 4) is 23.3 Å². The smallest absolute Gasteiger partial charge is 0.322 e. The Labute approximate surface area is 182 Å². The molecule has 9 heteroatoms. The lowest BCUT2D eigenvalue weighted by molar-refractivity contribution is -0.136. The van der Waals surface area contributed by atoms with Gasteiger partial charge in [0.25, 0.3) is 0 Å². The summed E-state index contributed by atoms with van der Waals surface area (Å²) in [6.45, 7) is 0.927. The number of rotatable bonds is 5. The number of carboxylic acid groups (broad SMARTS) is 1. The van der Waals surface area contributed by atoms with Crippen LogP contribution in [0.2, 0.25) is 0 Å². The number of hydrogen-bond acceptors (Lipinski definition) is 6. The van der Waals surface area contributed by atoms with Crippen molar-refractivity contribution in [1.29, 1.82) is 0 Å². The highest BCUT2D eigenvalue weighted by Crippen LogP contribution is 2.28. The van der Waals surface area contributed by atoms with Gasteiger partial charge in [-0.25, -0.2) is 0 Å². The third kappa shape index (κ3) is 8.11. The first-order valence-corrected chi connectivity index (χ1v) is 9.80. The number of amides is 1. The molecular weight excluding hydrogens is 456 g/mol. The Hall–Kier alpha value is -3.09. The molecule has 1 amide bonds. The van der Waals surface area contributed by atoms with Crippen LogP contribution in [0.5, 0.6) is 11.5 Å². The molecule has 1 aromatic carbocycles. The van der Waals surface area contributed by atoms with Crippen LogP contribution in [0.15, 0.2) is 47.2 Å². The molecule has 3 rings (SSSR count). The first-order valence-electron chi connectivity index (χ1n) is 9.01. The van der Waals surface area contributed by atoms with E-state index in [0.717, 1.165) is 10.2 Å². The van der Waals surface area contributed by atoms with Gasteiger partial charge in [-0.15, -0.1) is 0 Å². The van der Waals surface area contributed by atoms with Gasteiger partial charge in [0.15, 0.2) is 5.60 Å². The number of pyridine rings is 1. The van der Waals surface area contributed by atoms with Gasteiger partial charge in [-0.1, -0.05) is 21.9 Å².